The first-order valence-electron chi connectivity index (χ1n) is 14.3. The molecule has 1 N–H and O–H groups in total. The summed E-state index contributed by atoms with van der Waals surface area (Å²) in [6.07, 6.45) is 7.14. The topological polar surface area (TPSA) is 29.3 Å². The summed E-state index contributed by atoms with van der Waals surface area (Å²) in [6.45, 7) is 4.67. The minimum absolute atomic E-state index is 0.144. The van der Waals surface area contributed by atoms with Gasteiger partial charge in [0.15, 0.2) is 0 Å². The molecule has 41 heavy (non-hydrogen) atoms. The van der Waals surface area contributed by atoms with Crippen LogP contribution in [0, 0.1) is 0 Å². The van der Waals surface area contributed by atoms with E-state index in [4.69, 9.17) is 4.99 Å². The van der Waals surface area contributed by atoms with Gasteiger partial charge in [0.05, 0.1) is 17.1 Å². The molecule has 0 fully saturated rings. The third-order valence-corrected chi connectivity index (χ3v) is 8.94. The maximum absolute atomic E-state index is 15.3. The number of halogens is 1. The molecule has 5 aromatic rings. The number of fused-ring (bicyclic) bond motifs is 7. The van der Waals surface area contributed by atoms with E-state index in [1.807, 2.05) is 48.6 Å². The molecule has 2 unspecified atom stereocenters. The van der Waals surface area contributed by atoms with Gasteiger partial charge in [0, 0.05) is 28.2 Å². The van der Waals surface area contributed by atoms with E-state index < -0.39 is 12.2 Å². The maximum Gasteiger partial charge on any atom is 0.134 e. The lowest BCUT2D eigenvalue weighted by Crippen LogP contribution is -2.34. The molecule has 3 nitrogen and oxygen atoms in total. The van der Waals surface area contributed by atoms with Crippen molar-refractivity contribution >= 4 is 33.5 Å². The number of nitrogens with one attached hydrogen (secondary N) is 1. The average molecular weight is 536 g/mol. The molecule has 8 rings (SSSR count). The van der Waals surface area contributed by atoms with E-state index in [9.17, 15) is 0 Å². The Kier molecular flexibility index (Phi) is 5.24. The summed E-state index contributed by atoms with van der Waals surface area (Å²) in [5.41, 5.74) is 9.10. The second-order valence-electron chi connectivity index (χ2n) is 11.7. The van der Waals surface area contributed by atoms with E-state index >= 15 is 4.39 Å². The van der Waals surface area contributed by atoms with Gasteiger partial charge in [-0.25, -0.2) is 4.39 Å². The van der Waals surface area contributed by atoms with Crippen molar-refractivity contribution in [3.8, 4) is 11.1 Å². The Morgan fingerprint density at radius 1 is 0.854 bits per heavy atom. The van der Waals surface area contributed by atoms with Gasteiger partial charge < -0.3 is 5.32 Å². The van der Waals surface area contributed by atoms with Crippen molar-refractivity contribution in [2.45, 2.75) is 37.9 Å². The number of rotatable bonds is 3. The highest BCUT2D eigenvalue weighted by atomic mass is 19.1. The first-order valence-corrected chi connectivity index (χ1v) is 14.3. The van der Waals surface area contributed by atoms with Crippen LogP contribution in [0.2, 0.25) is 0 Å². The molecule has 0 amide bonds. The largest absolute Gasteiger partial charge is 0.326 e. The molecule has 4 aromatic carbocycles. The molecular weight excluding hydrogens is 505 g/mol. The molecule has 2 aliphatic carbocycles. The van der Waals surface area contributed by atoms with Crippen molar-refractivity contribution in [3.05, 3.63) is 138 Å². The Balaban J connectivity index is 1.39. The molecule has 3 aliphatic rings. The van der Waals surface area contributed by atoms with E-state index in [0.717, 1.165) is 28.3 Å². The van der Waals surface area contributed by atoms with Crippen LogP contribution >= 0.6 is 0 Å². The second kappa shape index (κ2) is 8.90. The fraction of sp³-hybridized carbons (Fsp3) is 0.162. The highest BCUT2D eigenvalue weighted by Gasteiger charge is 2.38. The van der Waals surface area contributed by atoms with E-state index in [0.29, 0.717) is 12.0 Å². The van der Waals surface area contributed by atoms with E-state index in [-0.39, 0.29) is 5.41 Å². The molecule has 0 radical (unpaired) electrons. The lowest BCUT2D eigenvalue weighted by molar-refractivity contribution is 0.372. The molecule has 0 saturated heterocycles. The number of benzene rings is 4. The van der Waals surface area contributed by atoms with E-state index in [1.54, 1.807) is 0 Å². The average Bonchev–Trinajstić information content (AvgIpc) is 3.46. The molecule has 0 spiro atoms. The van der Waals surface area contributed by atoms with Gasteiger partial charge >= 0.3 is 0 Å². The first-order chi connectivity index (χ1) is 20.0. The fourth-order valence-corrected chi connectivity index (χ4v) is 7.06. The quantitative estimate of drug-likeness (QED) is 0.246. The van der Waals surface area contributed by atoms with Gasteiger partial charge in [0.2, 0.25) is 0 Å². The van der Waals surface area contributed by atoms with E-state index in [1.165, 1.54) is 33.0 Å². The number of allylic oxidation sites excluding steroid dienone is 3. The van der Waals surface area contributed by atoms with Crippen LogP contribution in [-0.4, -0.2) is 22.6 Å². The number of aliphatic imine (C=N–C) groups is 1. The minimum Gasteiger partial charge on any atom is -0.326 e. The van der Waals surface area contributed by atoms with E-state index in [2.05, 4.69) is 90.5 Å². The van der Waals surface area contributed by atoms with Crippen LogP contribution in [0.1, 0.15) is 37.0 Å². The van der Waals surface area contributed by atoms with Crippen LogP contribution in [-0.2, 0) is 5.41 Å². The molecule has 2 heterocycles. The number of hydrogen-bond acceptors (Lipinski definition) is 2. The molecule has 200 valence electrons. The van der Waals surface area contributed by atoms with Gasteiger partial charge in [-0.3, -0.25) is 9.56 Å². The lowest BCUT2D eigenvalue weighted by Gasteiger charge is -2.27. The van der Waals surface area contributed by atoms with Gasteiger partial charge in [-0.1, -0.05) is 111 Å². The number of para-hydroxylation sites is 1. The monoisotopic (exact) mass is 535 g/mol. The fourth-order valence-electron chi connectivity index (χ4n) is 7.06. The zero-order chi connectivity index (χ0) is 27.7. The smallest absolute Gasteiger partial charge is 0.134 e. The van der Waals surface area contributed by atoms with Crippen molar-refractivity contribution in [2.75, 3.05) is 0 Å². The van der Waals surface area contributed by atoms with Gasteiger partial charge in [-0.2, -0.15) is 0 Å². The summed E-state index contributed by atoms with van der Waals surface area (Å²) < 4.78 is 17.6. The third kappa shape index (κ3) is 3.53. The molecule has 0 saturated carbocycles. The molecule has 4 heteroatoms. The summed E-state index contributed by atoms with van der Waals surface area (Å²) in [7, 11) is 0. The summed E-state index contributed by atoms with van der Waals surface area (Å²) in [4.78, 5) is 5.03. The number of alkyl halides is 1. The summed E-state index contributed by atoms with van der Waals surface area (Å²) in [5, 5.41) is 6.14. The second-order valence-corrected chi connectivity index (χ2v) is 11.7. The normalized spacial score (nSPS) is 20.7. The van der Waals surface area contributed by atoms with Crippen LogP contribution in [0.25, 0.3) is 38.8 Å². The Hall–Kier alpha value is -4.70. The van der Waals surface area contributed by atoms with Crippen LogP contribution in [0.5, 0.6) is 0 Å². The Labute approximate surface area is 239 Å². The molecule has 0 bridgehead atoms. The maximum atomic E-state index is 15.3. The first kappa shape index (κ1) is 24.1. The Morgan fingerprint density at radius 3 is 2.49 bits per heavy atom. The van der Waals surface area contributed by atoms with Crippen LogP contribution in [0.3, 0.4) is 0 Å². The number of aromatic nitrogens is 1. The van der Waals surface area contributed by atoms with Crippen LogP contribution in [0.4, 0.5) is 4.39 Å². The lowest BCUT2D eigenvalue weighted by atomic mass is 9.80. The van der Waals surface area contributed by atoms with Crippen LogP contribution < -0.4 is 5.32 Å². The van der Waals surface area contributed by atoms with Gasteiger partial charge in [0.1, 0.15) is 17.8 Å². The Bertz CT molecular complexity index is 1990. The third-order valence-electron chi connectivity index (χ3n) is 8.94. The zero-order valence-corrected chi connectivity index (χ0v) is 23.1. The number of hydrogen-bond donors (Lipinski definition) is 1. The van der Waals surface area contributed by atoms with Crippen LogP contribution in [0.15, 0.2) is 126 Å². The van der Waals surface area contributed by atoms with Gasteiger partial charge in [-0.15, -0.1) is 0 Å². The molecule has 1 aromatic heterocycles. The van der Waals surface area contributed by atoms with Crippen molar-refractivity contribution in [3.63, 3.8) is 0 Å². The van der Waals surface area contributed by atoms with Crippen molar-refractivity contribution in [1.82, 2.24) is 9.88 Å². The zero-order valence-electron chi connectivity index (χ0n) is 23.1. The van der Waals surface area contributed by atoms with Crippen molar-refractivity contribution in [2.24, 2.45) is 4.99 Å². The number of amidine groups is 1. The van der Waals surface area contributed by atoms with Gasteiger partial charge in [0.25, 0.3) is 0 Å². The SMILES string of the molecule is CC1(C)c2ccccc2-c2ccc3c(c21)c1ccccc1n3C1=CC(C2=CC=CCC2F)N=C(c2ccccc2)N1. The summed E-state index contributed by atoms with van der Waals surface area (Å²) >= 11 is 0. The number of nitrogens with zero attached hydrogens (tertiary/aromatic N) is 2. The Morgan fingerprint density at radius 2 is 1.63 bits per heavy atom. The molecule has 1 aliphatic heterocycles. The van der Waals surface area contributed by atoms with Crippen molar-refractivity contribution < 1.29 is 4.39 Å². The molecule has 2 atom stereocenters. The highest BCUT2D eigenvalue weighted by Crippen LogP contribution is 2.53. The predicted molar refractivity (Wildman–Crippen MR) is 168 cm³/mol. The minimum atomic E-state index is -1.05. The summed E-state index contributed by atoms with van der Waals surface area (Å²) in [5.74, 6) is 1.64. The summed E-state index contributed by atoms with van der Waals surface area (Å²) in [6, 6.07) is 31.6. The predicted octanol–water partition coefficient (Wildman–Crippen LogP) is 8.54. The standard InChI is InChI=1S/C37H30FN3/c1-37(2)28-17-9-6-14-24(28)25-20-21-32-34(35(25)37)27-16-8-11-19-31(27)41(32)33-22-30(26-15-7-10-18-29(26)38)39-36(40-33)23-12-4-3-5-13-23/h3-17,19-22,29-30H,18H2,1-2H3,(H,39,40). The van der Waals surface area contributed by atoms with Crippen molar-refractivity contribution in [1.29, 1.82) is 0 Å². The van der Waals surface area contributed by atoms with Gasteiger partial charge in [-0.05, 0) is 46.0 Å². The molecular formula is C37H30FN3. The highest BCUT2D eigenvalue weighted by molar-refractivity contribution is 6.16.